The average molecular weight is 204 g/mol. The van der Waals surface area contributed by atoms with Crippen LogP contribution in [0.2, 0.25) is 0 Å². The lowest BCUT2D eigenvalue weighted by Gasteiger charge is -1.98. The van der Waals surface area contributed by atoms with E-state index < -0.39 is 5.97 Å². The number of carboxylic acid groups (broad SMARTS) is 1. The topological polar surface area (TPSA) is 37.3 Å². The quantitative estimate of drug-likeness (QED) is 0.800. The average Bonchev–Trinajstić information content (AvgIpc) is 2.18. The molecular weight excluding hydrogens is 188 g/mol. The predicted octanol–water partition coefficient (Wildman–Crippen LogP) is 3.13. The fourth-order valence-electron chi connectivity index (χ4n) is 1.37. The van der Waals surface area contributed by atoms with Gasteiger partial charge in [0.25, 0.3) is 0 Å². The maximum atomic E-state index is 10.5. The third kappa shape index (κ3) is 4.45. The van der Waals surface area contributed by atoms with Gasteiger partial charge >= 0.3 is 5.97 Å². The van der Waals surface area contributed by atoms with Crippen LogP contribution in [-0.2, 0) is 11.2 Å². The van der Waals surface area contributed by atoms with Gasteiger partial charge in [-0.2, -0.15) is 0 Å². The molecule has 1 N–H and O–H groups in total. The zero-order valence-corrected chi connectivity index (χ0v) is 8.94. The van der Waals surface area contributed by atoms with Gasteiger partial charge in [-0.1, -0.05) is 49.8 Å². The third-order valence-corrected chi connectivity index (χ3v) is 2.07. The Kier molecular flexibility index (Phi) is 4.61. The monoisotopic (exact) mass is 204 g/mol. The van der Waals surface area contributed by atoms with Crippen LogP contribution in [0.15, 0.2) is 30.3 Å². The predicted molar refractivity (Wildman–Crippen MR) is 61.7 cm³/mol. The van der Waals surface area contributed by atoms with E-state index in [4.69, 9.17) is 5.11 Å². The Hall–Kier alpha value is -1.57. The summed E-state index contributed by atoms with van der Waals surface area (Å²) in [6.45, 7) is 2.13. The third-order valence-electron chi connectivity index (χ3n) is 2.07. The molecule has 0 aromatic heterocycles. The number of aliphatic carboxylic acids is 1. The van der Waals surface area contributed by atoms with E-state index in [1.54, 1.807) is 0 Å². The van der Waals surface area contributed by atoms with Crippen LogP contribution < -0.4 is 0 Å². The molecule has 0 fully saturated rings. The molecule has 0 aliphatic carbocycles. The summed E-state index contributed by atoms with van der Waals surface area (Å²) in [5.74, 6) is -0.787. The molecule has 80 valence electrons. The fourth-order valence-corrected chi connectivity index (χ4v) is 1.37. The zero-order valence-electron chi connectivity index (χ0n) is 8.94. The van der Waals surface area contributed by atoms with Gasteiger partial charge in [-0.25, -0.2) is 0 Å². The van der Waals surface area contributed by atoms with Crippen LogP contribution in [0.3, 0.4) is 0 Å². The summed E-state index contributed by atoms with van der Waals surface area (Å²) in [6.07, 6.45) is 6.43. The van der Waals surface area contributed by atoms with Gasteiger partial charge in [-0.15, -0.1) is 0 Å². The zero-order chi connectivity index (χ0) is 11.1. The van der Waals surface area contributed by atoms with Crippen molar-refractivity contribution in [2.45, 2.75) is 26.2 Å². The van der Waals surface area contributed by atoms with Crippen molar-refractivity contribution in [3.8, 4) is 0 Å². The largest absolute Gasteiger partial charge is 0.481 e. The maximum absolute atomic E-state index is 10.5. The van der Waals surface area contributed by atoms with Crippen molar-refractivity contribution in [3.63, 3.8) is 0 Å². The molecule has 0 radical (unpaired) electrons. The van der Waals surface area contributed by atoms with Crippen molar-refractivity contribution in [1.29, 1.82) is 0 Å². The molecule has 0 aliphatic rings. The van der Waals surface area contributed by atoms with E-state index in [2.05, 4.69) is 13.0 Å². The first-order valence-corrected chi connectivity index (χ1v) is 5.19. The van der Waals surface area contributed by atoms with Crippen LogP contribution in [0, 0.1) is 0 Å². The minimum atomic E-state index is -0.787. The second-order valence-corrected chi connectivity index (χ2v) is 3.51. The normalized spacial score (nSPS) is 10.7. The van der Waals surface area contributed by atoms with Crippen molar-refractivity contribution in [2.24, 2.45) is 0 Å². The number of allylic oxidation sites excluding steroid dienone is 1. The highest BCUT2D eigenvalue weighted by molar-refractivity contribution is 5.70. The van der Waals surface area contributed by atoms with Gasteiger partial charge in [-0.3, -0.25) is 4.79 Å². The first-order valence-electron chi connectivity index (χ1n) is 5.19. The molecule has 0 bridgehead atoms. The van der Waals surface area contributed by atoms with Crippen molar-refractivity contribution >= 4 is 12.0 Å². The highest BCUT2D eigenvalue weighted by Crippen LogP contribution is 2.08. The Morgan fingerprint density at radius 1 is 1.47 bits per heavy atom. The highest BCUT2D eigenvalue weighted by Gasteiger charge is 1.99. The van der Waals surface area contributed by atoms with E-state index in [0.29, 0.717) is 0 Å². The molecule has 2 heteroatoms. The smallest absolute Gasteiger partial charge is 0.307 e. The Morgan fingerprint density at radius 3 is 2.93 bits per heavy atom. The van der Waals surface area contributed by atoms with Crippen LogP contribution in [0.25, 0.3) is 6.08 Å². The molecule has 0 aliphatic heterocycles. The minimum absolute atomic E-state index is 0.0927. The minimum Gasteiger partial charge on any atom is -0.481 e. The lowest BCUT2D eigenvalue weighted by Crippen LogP contribution is -1.99. The molecule has 0 atom stereocenters. The van der Waals surface area contributed by atoms with Crippen molar-refractivity contribution in [2.75, 3.05) is 0 Å². The second-order valence-electron chi connectivity index (χ2n) is 3.51. The Morgan fingerprint density at radius 2 is 2.27 bits per heavy atom. The number of hydrogen-bond donors (Lipinski definition) is 1. The summed E-state index contributed by atoms with van der Waals surface area (Å²) in [5.41, 5.74) is 1.92. The molecule has 1 aromatic rings. The van der Waals surface area contributed by atoms with E-state index in [1.165, 1.54) is 0 Å². The van der Waals surface area contributed by atoms with Gasteiger partial charge in [0.15, 0.2) is 0 Å². The highest BCUT2D eigenvalue weighted by atomic mass is 16.4. The molecule has 0 heterocycles. The van der Waals surface area contributed by atoms with Crippen molar-refractivity contribution in [1.82, 2.24) is 0 Å². The van der Waals surface area contributed by atoms with Gasteiger partial charge in [0, 0.05) is 0 Å². The summed E-state index contributed by atoms with van der Waals surface area (Å²) < 4.78 is 0. The summed E-state index contributed by atoms with van der Waals surface area (Å²) in [7, 11) is 0. The van der Waals surface area contributed by atoms with Gasteiger partial charge < -0.3 is 5.11 Å². The van der Waals surface area contributed by atoms with Gasteiger partial charge in [0.2, 0.25) is 0 Å². The number of unbranched alkanes of at least 4 members (excludes halogenated alkanes) is 1. The molecule has 2 nitrogen and oxygen atoms in total. The molecule has 0 amide bonds. The Bertz CT molecular complexity index is 353. The molecule has 1 aromatic carbocycles. The van der Waals surface area contributed by atoms with Crippen LogP contribution in [0.1, 0.15) is 30.9 Å². The van der Waals surface area contributed by atoms with E-state index in [-0.39, 0.29) is 6.42 Å². The van der Waals surface area contributed by atoms with E-state index in [0.717, 1.165) is 24.0 Å². The molecule has 0 unspecified atom stereocenters. The van der Waals surface area contributed by atoms with Crippen LogP contribution in [-0.4, -0.2) is 11.1 Å². The van der Waals surface area contributed by atoms with Crippen LogP contribution in [0.5, 0.6) is 0 Å². The SMILES string of the molecule is CCCC=Cc1cccc(CC(=O)O)c1. The number of carbonyl (C=O) groups is 1. The first kappa shape index (κ1) is 11.5. The summed E-state index contributed by atoms with van der Waals surface area (Å²) in [5, 5.41) is 8.65. The number of hydrogen-bond acceptors (Lipinski definition) is 1. The van der Waals surface area contributed by atoms with E-state index >= 15 is 0 Å². The number of benzene rings is 1. The summed E-state index contributed by atoms with van der Waals surface area (Å²) in [4.78, 5) is 10.5. The first-order chi connectivity index (χ1) is 7.22. The molecule has 1 rings (SSSR count). The molecule has 0 saturated heterocycles. The number of rotatable bonds is 5. The standard InChI is InChI=1S/C13H16O2/c1-2-3-4-6-11-7-5-8-12(9-11)10-13(14)15/h4-9H,2-3,10H2,1H3,(H,14,15). The van der Waals surface area contributed by atoms with Crippen molar-refractivity contribution in [3.05, 3.63) is 41.5 Å². The van der Waals surface area contributed by atoms with Crippen LogP contribution >= 0.6 is 0 Å². The fraction of sp³-hybridized carbons (Fsp3) is 0.308. The van der Waals surface area contributed by atoms with Gasteiger partial charge in [-0.05, 0) is 17.5 Å². The molecule has 0 saturated carbocycles. The Labute approximate surface area is 90.3 Å². The van der Waals surface area contributed by atoms with E-state index in [9.17, 15) is 4.79 Å². The molecule has 0 spiro atoms. The maximum Gasteiger partial charge on any atom is 0.307 e. The van der Waals surface area contributed by atoms with Crippen LogP contribution in [0.4, 0.5) is 0 Å². The summed E-state index contributed by atoms with van der Waals surface area (Å²) >= 11 is 0. The molecular formula is C13H16O2. The summed E-state index contributed by atoms with van der Waals surface area (Å²) in [6, 6.07) is 7.63. The molecule has 15 heavy (non-hydrogen) atoms. The van der Waals surface area contributed by atoms with E-state index in [1.807, 2.05) is 30.3 Å². The van der Waals surface area contributed by atoms with Crippen molar-refractivity contribution < 1.29 is 9.90 Å². The van der Waals surface area contributed by atoms with Gasteiger partial charge in [0.05, 0.1) is 6.42 Å². The Balaban J connectivity index is 2.69. The van der Waals surface area contributed by atoms with Gasteiger partial charge in [0.1, 0.15) is 0 Å². The lowest BCUT2D eigenvalue weighted by atomic mass is 10.1. The second kappa shape index (κ2) is 6.02. The number of carboxylic acids is 1. The lowest BCUT2D eigenvalue weighted by molar-refractivity contribution is -0.136.